The van der Waals surface area contributed by atoms with E-state index in [4.69, 9.17) is 0 Å². The molecule has 0 aliphatic heterocycles. The largest absolute Gasteiger partial charge is 0.337 e. The first-order valence-corrected chi connectivity index (χ1v) is 9.00. The van der Waals surface area contributed by atoms with Crippen molar-refractivity contribution in [3.05, 3.63) is 102 Å². The van der Waals surface area contributed by atoms with Crippen LogP contribution in [0.4, 0.5) is 10.5 Å². The van der Waals surface area contributed by atoms with Crippen molar-refractivity contribution in [3.63, 3.8) is 0 Å². The minimum absolute atomic E-state index is 0.116. The van der Waals surface area contributed by atoms with Crippen LogP contribution in [-0.2, 0) is 6.42 Å². The topological polar surface area (TPSA) is 41.1 Å². The normalized spacial score (nSPS) is 10.5. The number of hydrogen-bond donors (Lipinski definition) is 2. The monoisotopic (exact) mass is 344 g/mol. The second-order valence-corrected chi connectivity index (χ2v) is 6.26. The maximum atomic E-state index is 12.4. The average molecular weight is 344 g/mol. The van der Waals surface area contributed by atoms with E-state index in [9.17, 15) is 4.79 Å². The van der Waals surface area contributed by atoms with Gasteiger partial charge in [0.05, 0.1) is 0 Å². The Morgan fingerprint density at radius 2 is 1.46 bits per heavy atom. The van der Waals surface area contributed by atoms with E-state index in [1.807, 2.05) is 54.6 Å². The van der Waals surface area contributed by atoms with E-state index >= 15 is 0 Å². The molecule has 0 bridgehead atoms. The van der Waals surface area contributed by atoms with Gasteiger partial charge in [0.25, 0.3) is 0 Å². The summed E-state index contributed by atoms with van der Waals surface area (Å²) in [5, 5.41) is 5.94. The van der Waals surface area contributed by atoms with Crippen LogP contribution in [0.25, 0.3) is 0 Å². The van der Waals surface area contributed by atoms with E-state index in [1.54, 1.807) is 0 Å². The Morgan fingerprint density at radius 3 is 2.04 bits per heavy atom. The molecular weight excluding hydrogens is 320 g/mol. The second kappa shape index (κ2) is 8.86. The fourth-order valence-corrected chi connectivity index (χ4v) is 3.04. The quantitative estimate of drug-likeness (QED) is 0.634. The molecule has 2 N–H and O–H groups in total. The number of benzene rings is 3. The fraction of sp³-hybridized carbons (Fsp3) is 0.174. The van der Waals surface area contributed by atoms with Gasteiger partial charge in [-0.05, 0) is 35.2 Å². The van der Waals surface area contributed by atoms with E-state index in [2.05, 4.69) is 47.9 Å². The molecule has 0 radical (unpaired) electrons. The van der Waals surface area contributed by atoms with Crippen LogP contribution in [0.15, 0.2) is 84.9 Å². The lowest BCUT2D eigenvalue weighted by atomic mass is 9.91. The Morgan fingerprint density at radius 1 is 0.846 bits per heavy atom. The van der Waals surface area contributed by atoms with Gasteiger partial charge in [-0.3, -0.25) is 0 Å². The molecule has 0 unspecified atom stereocenters. The first-order chi connectivity index (χ1) is 12.8. The van der Waals surface area contributed by atoms with Gasteiger partial charge >= 0.3 is 6.03 Å². The van der Waals surface area contributed by atoms with Crippen LogP contribution >= 0.6 is 0 Å². The van der Waals surface area contributed by atoms with Crippen molar-refractivity contribution in [2.75, 3.05) is 11.9 Å². The van der Waals surface area contributed by atoms with E-state index < -0.39 is 0 Å². The smallest absolute Gasteiger partial charge is 0.319 e. The number of hydrogen-bond acceptors (Lipinski definition) is 1. The average Bonchev–Trinajstić information content (AvgIpc) is 2.70. The number of carbonyl (C=O) groups is 1. The van der Waals surface area contributed by atoms with Crippen molar-refractivity contribution in [1.82, 2.24) is 5.32 Å². The summed E-state index contributed by atoms with van der Waals surface area (Å²) in [7, 11) is 0. The van der Waals surface area contributed by atoms with Gasteiger partial charge in [-0.2, -0.15) is 0 Å². The molecule has 3 heteroatoms. The van der Waals surface area contributed by atoms with Gasteiger partial charge < -0.3 is 10.6 Å². The molecule has 0 aliphatic carbocycles. The molecule has 0 heterocycles. The van der Waals surface area contributed by atoms with Crippen molar-refractivity contribution >= 4 is 11.7 Å². The molecule has 0 saturated carbocycles. The summed E-state index contributed by atoms with van der Waals surface area (Å²) in [6.45, 7) is 2.64. The van der Waals surface area contributed by atoms with Gasteiger partial charge in [0.15, 0.2) is 0 Å². The molecule has 132 valence electrons. The summed E-state index contributed by atoms with van der Waals surface area (Å²) in [5.74, 6) is 0.116. The Hall–Kier alpha value is -3.07. The number of amides is 2. The Kier molecular flexibility index (Phi) is 6.05. The van der Waals surface area contributed by atoms with Crippen molar-refractivity contribution in [3.8, 4) is 0 Å². The minimum Gasteiger partial charge on any atom is -0.337 e. The minimum atomic E-state index is -0.185. The number of nitrogens with one attached hydrogen (secondary N) is 2. The Bertz CT molecular complexity index is 792. The van der Waals surface area contributed by atoms with Gasteiger partial charge in [0.1, 0.15) is 0 Å². The molecule has 0 fully saturated rings. The zero-order chi connectivity index (χ0) is 18.2. The molecule has 2 amide bonds. The lowest BCUT2D eigenvalue weighted by Gasteiger charge is -2.19. The highest BCUT2D eigenvalue weighted by molar-refractivity contribution is 5.89. The van der Waals surface area contributed by atoms with Crippen LogP contribution in [0.3, 0.4) is 0 Å². The first-order valence-electron chi connectivity index (χ1n) is 9.00. The SMILES string of the molecule is CCc1cccc(NC(=O)NCC(c2ccccc2)c2ccccc2)c1. The van der Waals surface area contributed by atoms with Gasteiger partial charge in [0, 0.05) is 18.2 Å². The highest BCUT2D eigenvalue weighted by Crippen LogP contribution is 2.23. The van der Waals surface area contributed by atoms with E-state index in [-0.39, 0.29) is 11.9 Å². The number of rotatable bonds is 6. The molecule has 26 heavy (non-hydrogen) atoms. The number of urea groups is 1. The molecule has 3 aromatic rings. The molecule has 3 nitrogen and oxygen atoms in total. The Balaban J connectivity index is 1.68. The summed E-state index contributed by atoms with van der Waals surface area (Å²) in [6.07, 6.45) is 0.946. The summed E-state index contributed by atoms with van der Waals surface area (Å²) in [4.78, 5) is 12.4. The van der Waals surface area contributed by atoms with Crippen molar-refractivity contribution in [2.45, 2.75) is 19.3 Å². The van der Waals surface area contributed by atoms with Crippen molar-refractivity contribution < 1.29 is 4.79 Å². The molecule has 0 aromatic heterocycles. The van der Waals surface area contributed by atoms with Crippen LogP contribution in [0.1, 0.15) is 29.5 Å². The third kappa shape index (κ3) is 4.73. The standard InChI is InChI=1S/C23H24N2O/c1-2-18-10-9-15-21(16-18)25-23(26)24-17-22(19-11-5-3-6-12-19)20-13-7-4-8-14-20/h3-16,22H,2,17H2,1H3,(H2,24,25,26). The van der Waals surface area contributed by atoms with Crippen LogP contribution in [-0.4, -0.2) is 12.6 Å². The third-order valence-electron chi connectivity index (χ3n) is 4.46. The van der Waals surface area contributed by atoms with Crippen LogP contribution < -0.4 is 10.6 Å². The number of anilines is 1. The summed E-state index contributed by atoms with van der Waals surface area (Å²) >= 11 is 0. The zero-order valence-electron chi connectivity index (χ0n) is 15.0. The predicted octanol–water partition coefficient (Wildman–Crippen LogP) is 5.20. The molecular formula is C23H24N2O. The maximum Gasteiger partial charge on any atom is 0.319 e. The third-order valence-corrected chi connectivity index (χ3v) is 4.46. The molecule has 3 rings (SSSR count). The second-order valence-electron chi connectivity index (χ2n) is 6.26. The number of carbonyl (C=O) groups excluding carboxylic acids is 1. The van der Waals surface area contributed by atoms with Gasteiger partial charge in [-0.15, -0.1) is 0 Å². The predicted molar refractivity (Wildman–Crippen MR) is 108 cm³/mol. The number of aryl methyl sites for hydroxylation is 1. The molecule has 0 spiro atoms. The van der Waals surface area contributed by atoms with Gasteiger partial charge in [-0.1, -0.05) is 79.7 Å². The van der Waals surface area contributed by atoms with Crippen molar-refractivity contribution in [2.24, 2.45) is 0 Å². The highest BCUT2D eigenvalue weighted by atomic mass is 16.2. The lowest BCUT2D eigenvalue weighted by Crippen LogP contribution is -2.32. The van der Waals surface area contributed by atoms with E-state index in [0.717, 1.165) is 12.1 Å². The summed E-state index contributed by atoms with van der Waals surface area (Å²) in [6, 6.07) is 28.3. The summed E-state index contributed by atoms with van der Waals surface area (Å²) in [5.41, 5.74) is 4.39. The van der Waals surface area contributed by atoms with Gasteiger partial charge in [-0.25, -0.2) is 4.79 Å². The molecule has 0 saturated heterocycles. The van der Waals surface area contributed by atoms with Gasteiger partial charge in [0.2, 0.25) is 0 Å². The molecule has 0 atom stereocenters. The van der Waals surface area contributed by atoms with E-state index in [1.165, 1.54) is 16.7 Å². The first kappa shape index (κ1) is 17.7. The molecule has 3 aromatic carbocycles. The Labute approximate surface area is 155 Å². The van der Waals surface area contributed by atoms with Crippen LogP contribution in [0, 0.1) is 0 Å². The zero-order valence-corrected chi connectivity index (χ0v) is 15.0. The van der Waals surface area contributed by atoms with Crippen LogP contribution in [0.2, 0.25) is 0 Å². The highest BCUT2D eigenvalue weighted by Gasteiger charge is 2.15. The van der Waals surface area contributed by atoms with Crippen LogP contribution in [0.5, 0.6) is 0 Å². The fourth-order valence-electron chi connectivity index (χ4n) is 3.04. The van der Waals surface area contributed by atoms with Crippen molar-refractivity contribution in [1.29, 1.82) is 0 Å². The van der Waals surface area contributed by atoms with E-state index in [0.29, 0.717) is 6.54 Å². The maximum absolute atomic E-state index is 12.4. The molecule has 0 aliphatic rings. The summed E-state index contributed by atoms with van der Waals surface area (Å²) < 4.78 is 0. The lowest BCUT2D eigenvalue weighted by molar-refractivity contribution is 0.252.